The fraction of sp³-hybridized carbons (Fsp3) is 0.267. The third-order valence-corrected chi connectivity index (χ3v) is 3.92. The summed E-state index contributed by atoms with van der Waals surface area (Å²) < 4.78 is 6.85. The third-order valence-electron chi connectivity index (χ3n) is 3.62. The van der Waals surface area contributed by atoms with Crippen molar-refractivity contribution in [3.63, 3.8) is 0 Å². The van der Waals surface area contributed by atoms with Crippen LogP contribution in [-0.4, -0.2) is 52.4 Å². The zero-order valence-electron chi connectivity index (χ0n) is 12.7. The summed E-state index contributed by atoms with van der Waals surface area (Å²) in [6.07, 6.45) is 2.65. The Morgan fingerprint density at radius 2 is 2.25 bits per heavy atom. The number of nitrogens with zero attached hydrogens (tertiary/aromatic N) is 3. The summed E-state index contributed by atoms with van der Waals surface area (Å²) in [6.45, 7) is 0.773. The van der Waals surface area contributed by atoms with Crippen molar-refractivity contribution in [1.29, 1.82) is 0 Å². The second-order valence-electron chi connectivity index (χ2n) is 5.25. The normalized spacial score (nSPS) is 17.5. The van der Waals surface area contributed by atoms with Crippen LogP contribution in [-0.2, 0) is 9.53 Å². The molecule has 1 aliphatic rings. The molecular weight excluding hydrogens is 334 g/mol. The number of nitrogens with two attached hydrogens (primary N) is 1. The quantitative estimate of drug-likeness (QED) is 0.870. The first-order chi connectivity index (χ1) is 11.5. The van der Waals surface area contributed by atoms with Gasteiger partial charge in [0.15, 0.2) is 6.10 Å². The highest BCUT2D eigenvalue weighted by Gasteiger charge is 2.27. The summed E-state index contributed by atoms with van der Waals surface area (Å²) in [4.78, 5) is 25.0. The van der Waals surface area contributed by atoms with E-state index in [1.807, 2.05) is 0 Å². The number of aromatic nitrogens is 2. The van der Waals surface area contributed by atoms with Gasteiger partial charge in [0.25, 0.3) is 0 Å². The van der Waals surface area contributed by atoms with Crippen LogP contribution in [0.1, 0.15) is 0 Å². The van der Waals surface area contributed by atoms with Crippen molar-refractivity contribution >= 4 is 29.2 Å². The number of ether oxygens (including phenoxy) is 1. The predicted octanol–water partition coefficient (Wildman–Crippen LogP) is 1.24. The summed E-state index contributed by atoms with van der Waals surface area (Å²) in [6, 6.07) is 6.58. The van der Waals surface area contributed by atoms with Gasteiger partial charge >= 0.3 is 6.03 Å². The van der Waals surface area contributed by atoms with E-state index in [0.29, 0.717) is 22.9 Å². The number of benzene rings is 1. The molecule has 3 rings (SSSR count). The Morgan fingerprint density at radius 1 is 1.42 bits per heavy atom. The topological polar surface area (TPSA) is 102 Å². The first-order valence-electron chi connectivity index (χ1n) is 7.31. The maximum absolute atomic E-state index is 12.3. The lowest BCUT2D eigenvalue weighted by Crippen LogP contribution is -2.51. The summed E-state index contributed by atoms with van der Waals surface area (Å²) in [5, 5.41) is 7.32. The highest BCUT2D eigenvalue weighted by molar-refractivity contribution is 6.32. The fourth-order valence-corrected chi connectivity index (χ4v) is 2.66. The molecule has 1 aromatic carbocycles. The minimum Gasteiger partial charge on any atom is -0.367 e. The second kappa shape index (κ2) is 6.90. The molecule has 1 fully saturated rings. The maximum atomic E-state index is 12.3. The van der Waals surface area contributed by atoms with E-state index >= 15 is 0 Å². The van der Waals surface area contributed by atoms with Crippen molar-refractivity contribution in [3.8, 4) is 5.69 Å². The molecule has 1 aliphatic heterocycles. The Hall–Kier alpha value is -2.58. The van der Waals surface area contributed by atoms with E-state index < -0.39 is 12.0 Å². The highest BCUT2D eigenvalue weighted by Crippen LogP contribution is 2.24. The van der Waals surface area contributed by atoms with E-state index in [4.69, 9.17) is 22.1 Å². The number of rotatable bonds is 3. The molecule has 1 atom stereocenters. The van der Waals surface area contributed by atoms with Crippen LogP contribution in [0.3, 0.4) is 0 Å². The number of amides is 3. The van der Waals surface area contributed by atoms with Crippen molar-refractivity contribution < 1.29 is 14.3 Å². The first kappa shape index (κ1) is 16.3. The first-order valence-corrected chi connectivity index (χ1v) is 7.69. The Morgan fingerprint density at radius 3 is 2.92 bits per heavy atom. The van der Waals surface area contributed by atoms with Gasteiger partial charge in [0.2, 0.25) is 5.91 Å². The van der Waals surface area contributed by atoms with Gasteiger partial charge in [-0.15, -0.1) is 0 Å². The number of carbonyl (C=O) groups is 2. The van der Waals surface area contributed by atoms with Crippen molar-refractivity contribution in [2.75, 3.05) is 25.0 Å². The van der Waals surface area contributed by atoms with Gasteiger partial charge in [0.1, 0.15) is 0 Å². The molecule has 24 heavy (non-hydrogen) atoms. The average Bonchev–Trinajstić information content (AvgIpc) is 3.09. The fourth-order valence-electron chi connectivity index (χ4n) is 2.39. The standard InChI is InChI=1S/C15H16ClN5O3/c16-11-8-10(2-3-12(11)21-5-1-4-18-21)19-15(23)20-6-7-24-13(9-20)14(17)22/h1-5,8,13H,6-7,9H2,(H2,17,22)(H,19,23). The molecule has 0 aliphatic carbocycles. The summed E-state index contributed by atoms with van der Waals surface area (Å²) in [5.41, 5.74) is 6.47. The van der Waals surface area contributed by atoms with Gasteiger partial charge in [-0.1, -0.05) is 11.6 Å². The van der Waals surface area contributed by atoms with Crippen LogP contribution < -0.4 is 11.1 Å². The SMILES string of the molecule is NC(=O)C1CN(C(=O)Nc2ccc(-n3cccn3)c(Cl)c2)CCO1. The van der Waals surface area contributed by atoms with Crippen LogP contribution in [0.25, 0.3) is 5.69 Å². The smallest absolute Gasteiger partial charge is 0.322 e. The number of halogens is 1. The number of carbonyl (C=O) groups excluding carboxylic acids is 2. The van der Waals surface area contributed by atoms with Crippen LogP contribution in [0.4, 0.5) is 10.5 Å². The average molecular weight is 350 g/mol. The zero-order valence-corrected chi connectivity index (χ0v) is 13.4. The van der Waals surface area contributed by atoms with E-state index in [1.54, 1.807) is 41.3 Å². The largest absolute Gasteiger partial charge is 0.367 e. The van der Waals surface area contributed by atoms with E-state index in [9.17, 15) is 9.59 Å². The number of anilines is 1. The van der Waals surface area contributed by atoms with Crippen LogP contribution >= 0.6 is 11.6 Å². The van der Waals surface area contributed by atoms with Gasteiger partial charge < -0.3 is 20.7 Å². The van der Waals surface area contributed by atoms with E-state index in [1.165, 1.54) is 4.90 Å². The molecule has 1 saturated heterocycles. The molecular formula is C15H16ClN5O3. The van der Waals surface area contributed by atoms with Crippen LogP contribution in [0.5, 0.6) is 0 Å². The Bertz CT molecular complexity index is 750. The number of primary amides is 1. The van der Waals surface area contributed by atoms with Gasteiger partial charge in [-0.25, -0.2) is 9.48 Å². The number of hydrogen-bond donors (Lipinski definition) is 2. The Kier molecular flexibility index (Phi) is 4.68. The molecule has 1 unspecified atom stereocenters. The Labute approximate surface area is 143 Å². The molecule has 9 heteroatoms. The van der Waals surface area contributed by atoms with Gasteiger partial charge in [-0.05, 0) is 24.3 Å². The van der Waals surface area contributed by atoms with Gasteiger partial charge in [0.05, 0.1) is 23.9 Å². The lowest BCUT2D eigenvalue weighted by molar-refractivity contribution is -0.133. The summed E-state index contributed by atoms with van der Waals surface area (Å²) in [7, 11) is 0. The molecule has 8 nitrogen and oxygen atoms in total. The third kappa shape index (κ3) is 3.50. The van der Waals surface area contributed by atoms with Crippen molar-refractivity contribution in [3.05, 3.63) is 41.7 Å². The molecule has 1 aromatic heterocycles. The molecule has 126 valence electrons. The minimum atomic E-state index is -0.782. The number of urea groups is 1. The molecule has 2 heterocycles. The monoisotopic (exact) mass is 349 g/mol. The zero-order chi connectivity index (χ0) is 17.1. The van der Waals surface area contributed by atoms with Crippen LogP contribution in [0.2, 0.25) is 5.02 Å². The molecule has 0 spiro atoms. The van der Waals surface area contributed by atoms with Crippen molar-refractivity contribution in [2.24, 2.45) is 5.73 Å². The molecule has 0 bridgehead atoms. The molecule has 3 amide bonds. The number of hydrogen-bond acceptors (Lipinski definition) is 4. The van der Waals surface area contributed by atoms with Crippen molar-refractivity contribution in [2.45, 2.75) is 6.10 Å². The molecule has 0 saturated carbocycles. The molecule has 0 radical (unpaired) electrons. The Balaban J connectivity index is 1.68. The van der Waals surface area contributed by atoms with Crippen LogP contribution in [0, 0.1) is 0 Å². The highest BCUT2D eigenvalue weighted by atomic mass is 35.5. The maximum Gasteiger partial charge on any atom is 0.322 e. The minimum absolute atomic E-state index is 0.125. The van der Waals surface area contributed by atoms with Crippen molar-refractivity contribution in [1.82, 2.24) is 14.7 Å². The molecule has 3 N–H and O–H groups in total. The number of morpholine rings is 1. The van der Waals surface area contributed by atoms with E-state index in [-0.39, 0.29) is 19.2 Å². The van der Waals surface area contributed by atoms with E-state index in [2.05, 4.69) is 10.4 Å². The predicted molar refractivity (Wildman–Crippen MR) is 88.1 cm³/mol. The van der Waals surface area contributed by atoms with Gasteiger partial charge in [-0.2, -0.15) is 5.10 Å². The van der Waals surface area contributed by atoms with Gasteiger partial charge in [-0.3, -0.25) is 4.79 Å². The molecule has 2 aromatic rings. The summed E-state index contributed by atoms with van der Waals surface area (Å²) in [5.74, 6) is -0.584. The second-order valence-corrected chi connectivity index (χ2v) is 5.66. The summed E-state index contributed by atoms with van der Waals surface area (Å²) >= 11 is 6.25. The lowest BCUT2D eigenvalue weighted by Gasteiger charge is -2.31. The van der Waals surface area contributed by atoms with Gasteiger partial charge in [0, 0.05) is 24.6 Å². The number of nitrogens with one attached hydrogen (secondary N) is 1. The van der Waals surface area contributed by atoms with E-state index in [0.717, 1.165) is 0 Å². The van der Waals surface area contributed by atoms with Crippen LogP contribution in [0.15, 0.2) is 36.7 Å². The lowest BCUT2D eigenvalue weighted by atomic mass is 10.2.